The molecule has 68 valence electrons. The maximum absolute atomic E-state index is 10.8. The van der Waals surface area contributed by atoms with Gasteiger partial charge in [-0.15, -0.1) is 0 Å². The van der Waals surface area contributed by atoms with Crippen molar-refractivity contribution in [2.45, 2.75) is 0 Å². The molecule has 1 aromatic carbocycles. The molecule has 0 saturated heterocycles. The van der Waals surface area contributed by atoms with Crippen LogP contribution in [0.15, 0.2) is 30.3 Å². The van der Waals surface area contributed by atoms with Crippen molar-refractivity contribution in [3.63, 3.8) is 0 Å². The van der Waals surface area contributed by atoms with Crippen LogP contribution >= 0.6 is 11.6 Å². The molecule has 0 fully saturated rings. The highest BCUT2D eigenvalue weighted by molar-refractivity contribution is 6.32. The van der Waals surface area contributed by atoms with Gasteiger partial charge in [0.2, 0.25) is 0 Å². The van der Waals surface area contributed by atoms with Crippen LogP contribution in [0.4, 0.5) is 0 Å². The van der Waals surface area contributed by atoms with Gasteiger partial charge >= 0.3 is 0 Å². The average molecular weight is 196 g/mol. The van der Waals surface area contributed by atoms with Gasteiger partial charge in [0, 0.05) is 5.02 Å². The summed E-state index contributed by atoms with van der Waals surface area (Å²) in [7, 11) is 0. The normalized spacial score (nSPS) is 10.6. The Hall–Kier alpha value is -1.12. The molecule has 0 radical (unpaired) electrons. The number of hydrogen-bond acceptors (Lipinski definition) is 2. The standard InChI is InChI=1S/C10H10ClNO/c11-10-4-2-1-3-8(10)5-6-9(13)7-12/h1-6H,7,12H2/b6-5+. The van der Waals surface area contributed by atoms with Crippen LogP contribution in [0, 0.1) is 0 Å². The number of benzene rings is 1. The Morgan fingerprint density at radius 3 is 2.77 bits per heavy atom. The Morgan fingerprint density at radius 2 is 2.15 bits per heavy atom. The third-order valence-corrected chi connectivity index (χ3v) is 1.90. The summed E-state index contributed by atoms with van der Waals surface area (Å²) in [5.74, 6) is -0.111. The summed E-state index contributed by atoms with van der Waals surface area (Å²) in [6.45, 7) is 0.0287. The maximum atomic E-state index is 10.8. The molecule has 0 bridgehead atoms. The summed E-state index contributed by atoms with van der Waals surface area (Å²) in [6.07, 6.45) is 3.10. The van der Waals surface area contributed by atoms with E-state index in [0.29, 0.717) is 5.02 Å². The third kappa shape index (κ3) is 3.01. The van der Waals surface area contributed by atoms with E-state index in [-0.39, 0.29) is 12.3 Å². The minimum atomic E-state index is -0.111. The van der Waals surface area contributed by atoms with Gasteiger partial charge in [-0.2, -0.15) is 0 Å². The first kappa shape index (κ1) is 9.96. The lowest BCUT2D eigenvalue weighted by atomic mass is 10.2. The van der Waals surface area contributed by atoms with Crippen molar-refractivity contribution in [2.24, 2.45) is 5.73 Å². The molecule has 3 heteroatoms. The van der Waals surface area contributed by atoms with E-state index in [1.807, 2.05) is 18.2 Å². The lowest BCUT2D eigenvalue weighted by molar-refractivity contribution is -0.113. The Kier molecular flexibility index (Phi) is 3.68. The van der Waals surface area contributed by atoms with E-state index in [1.165, 1.54) is 6.08 Å². The second-order valence-corrected chi connectivity index (χ2v) is 2.93. The van der Waals surface area contributed by atoms with Crippen molar-refractivity contribution in [2.75, 3.05) is 6.54 Å². The molecule has 0 heterocycles. The van der Waals surface area contributed by atoms with Crippen molar-refractivity contribution < 1.29 is 4.79 Å². The van der Waals surface area contributed by atoms with Crippen LogP contribution in [-0.4, -0.2) is 12.3 Å². The van der Waals surface area contributed by atoms with E-state index in [1.54, 1.807) is 12.1 Å². The second kappa shape index (κ2) is 4.80. The third-order valence-electron chi connectivity index (χ3n) is 1.56. The van der Waals surface area contributed by atoms with Crippen LogP contribution in [-0.2, 0) is 4.79 Å². The van der Waals surface area contributed by atoms with Gasteiger partial charge in [0.15, 0.2) is 5.78 Å². The van der Waals surface area contributed by atoms with E-state index in [4.69, 9.17) is 17.3 Å². The van der Waals surface area contributed by atoms with Gasteiger partial charge in [-0.3, -0.25) is 4.79 Å². The number of rotatable bonds is 3. The van der Waals surface area contributed by atoms with Gasteiger partial charge in [0.1, 0.15) is 0 Å². The highest BCUT2D eigenvalue weighted by Gasteiger charge is 1.94. The molecule has 0 unspecified atom stereocenters. The van der Waals surface area contributed by atoms with Crippen molar-refractivity contribution in [3.8, 4) is 0 Å². The van der Waals surface area contributed by atoms with E-state index < -0.39 is 0 Å². The fourth-order valence-electron chi connectivity index (χ4n) is 0.861. The number of hydrogen-bond donors (Lipinski definition) is 1. The van der Waals surface area contributed by atoms with E-state index in [2.05, 4.69) is 0 Å². The molecule has 0 aliphatic carbocycles. The molecule has 2 nitrogen and oxygen atoms in total. The number of carbonyl (C=O) groups excluding carboxylic acids is 1. The Labute approximate surface area is 82.0 Å². The Balaban J connectivity index is 2.80. The number of ketones is 1. The van der Waals surface area contributed by atoms with Gasteiger partial charge in [-0.25, -0.2) is 0 Å². The van der Waals surface area contributed by atoms with Gasteiger partial charge in [0.25, 0.3) is 0 Å². The van der Waals surface area contributed by atoms with Gasteiger partial charge in [0.05, 0.1) is 6.54 Å². The lowest BCUT2D eigenvalue weighted by Crippen LogP contribution is -2.09. The van der Waals surface area contributed by atoms with Crippen molar-refractivity contribution in [1.82, 2.24) is 0 Å². The predicted octanol–water partition coefficient (Wildman–Crippen LogP) is 1.88. The number of nitrogens with two attached hydrogens (primary N) is 1. The first-order valence-corrected chi connectivity index (χ1v) is 4.27. The summed E-state index contributed by atoms with van der Waals surface area (Å²) >= 11 is 5.86. The van der Waals surface area contributed by atoms with E-state index in [9.17, 15) is 4.79 Å². The van der Waals surface area contributed by atoms with Crippen molar-refractivity contribution >= 4 is 23.5 Å². The zero-order valence-electron chi connectivity index (χ0n) is 7.03. The summed E-state index contributed by atoms with van der Waals surface area (Å²) in [5, 5.41) is 0.628. The largest absolute Gasteiger partial charge is 0.324 e. The smallest absolute Gasteiger partial charge is 0.169 e. The van der Waals surface area contributed by atoms with Crippen LogP contribution in [0.2, 0.25) is 5.02 Å². The highest BCUT2D eigenvalue weighted by atomic mass is 35.5. The first-order chi connectivity index (χ1) is 6.24. The molecule has 0 aromatic heterocycles. The number of carbonyl (C=O) groups is 1. The van der Waals surface area contributed by atoms with Crippen LogP contribution in [0.1, 0.15) is 5.56 Å². The monoisotopic (exact) mass is 195 g/mol. The second-order valence-electron chi connectivity index (χ2n) is 2.53. The van der Waals surface area contributed by atoms with Gasteiger partial charge in [-0.05, 0) is 23.8 Å². The summed E-state index contributed by atoms with van der Waals surface area (Å²) in [6, 6.07) is 7.31. The molecular formula is C10H10ClNO. The fraction of sp³-hybridized carbons (Fsp3) is 0.100. The zero-order valence-corrected chi connectivity index (χ0v) is 7.79. The SMILES string of the molecule is NCC(=O)/C=C/c1ccccc1Cl. The van der Waals surface area contributed by atoms with Gasteiger partial charge < -0.3 is 5.73 Å². The molecule has 1 rings (SSSR count). The average Bonchev–Trinajstić information content (AvgIpc) is 2.16. The van der Waals surface area contributed by atoms with Crippen molar-refractivity contribution in [1.29, 1.82) is 0 Å². The molecule has 13 heavy (non-hydrogen) atoms. The van der Waals surface area contributed by atoms with Crippen LogP contribution in [0.3, 0.4) is 0 Å². The van der Waals surface area contributed by atoms with Crippen LogP contribution in [0.5, 0.6) is 0 Å². The summed E-state index contributed by atoms with van der Waals surface area (Å²) in [5.41, 5.74) is 5.97. The van der Waals surface area contributed by atoms with Gasteiger partial charge in [-0.1, -0.05) is 29.8 Å². The molecule has 0 atom stereocenters. The molecule has 0 aliphatic heterocycles. The lowest BCUT2D eigenvalue weighted by Gasteiger charge is -1.95. The van der Waals surface area contributed by atoms with Crippen LogP contribution < -0.4 is 5.73 Å². The predicted molar refractivity (Wildman–Crippen MR) is 54.5 cm³/mol. The van der Waals surface area contributed by atoms with Crippen molar-refractivity contribution in [3.05, 3.63) is 40.9 Å². The van der Waals surface area contributed by atoms with Crippen LogP contribution in [0.25, 0.3) is 6.08 Å². The molecule has 0 spiro atoms. The minimum absolute atomic E-state index is 0.0287. The molecule has 0 saturated carbocycles. The summed E-state index contributed by atoms with van der Waals surface area (Å²) in [4.78, 5) is 10.8. The molecule has 1 aromatic rings. The topological polar surface area (TPSA) is 43.1 Å². The molecular weight excluding hydrogens is 186 g/mol. The first-order valence-electron chi connectivity index (χ1n) is 3.89. The zero-order chi connectivity index (χ0) is 9.68. The fourth-order valence-corrected chi connectivity index (χ4v) is 1.06. The summed E-state index contributed by atoms with van der Waals surface area (Å²) < 4.78 is 0. The van der Waals surface area contributed by atoms with E-state index >= 15 is 0 Å². The Morgan fingerprint density at radius 1 is 1.46 bits per heavy atom. The minimum Gasteiger partial charge on any atom is -0.324 e. The maximum Gasteiger partial charge on any atom is 0.169 e. The highest BCUT2D eigenvalue weighted by Crippen LogP contribution is 2.15. The Bertz CT molecular complexity index is 333. The molecule has 2 N–H and O–H groups in total. The number of halogens is 1. The molecule has 0 amide bonds. The van der Waals surface area contributed by atoms with E-state index in [0.717, 1.165) is 5.56 Å². The quantitative estimate of drug-likeness (QED) is 0.749. The molecule has 0 aliphatic rings.